The third kappa shape index (κ3) is 4.45. The van der Waals surface area contributed by atoms with E-state index in [9.17, 15) is 13.2 Å². The summed E-state index contributed by atoms with van der Waals surface area (Å²) in [5, 5.41) is 3.37. The minimum atomic E-state index is -3.93. The molecule has 4 rings (SSSR count). The zero-order chi connectivity index (χ0) is 22.9. The van der Waals surface area contributed by atoms with Gasteiger partial charge in [0.15, 0.2) is 6.10 Å². The molecule has 1 aliphatic heterocycles. The van der Waals surface area contributed by atoms with E-state index in [2.05, 4.69) is 5.32 Å². The third-order valence-corrected chi connectivity index (χ3v) is 7.41. The van der Waals surface area contributed by atoms with Crippen LogP contribution in [0.3, 0.4) is 0 Å². The number of carbonyl (C=O) groups excluding carboxylic acids is 1. The first-order chi connectivity index (χ1) is 15.3. The number of rotatable bonds is 5. The molecule has 2 atom stereocenters. The van der Waals surface area contributed by atoms with Gasteiger partial charge < -0.3 is 10.1 Å². The van der Waals surface area contributed by atoms with Gasteiger partial charge in [-0.05, 0) is 55.8 Å². The maximum atomic E-state index is 13.4. The predicted molar refractivity (Wildman–Crippen MR) is 125 cm³/mol. The number of benzene rings is 3. The summed E-state index contributed by atoms with van der Waals surface area (Å²) in [6.45, 7) is 3.73. The number of anilines is 1. The molecule has 3 aromatic carbocycles. The van der Waals surface area contributed by atoms with Crippen LogP contribution in [0.5, 0.6) is 5.75 Å². The monoisotopic (exact) mass is 470 g/mol. The number of amides is 1. The van der Waals surface area contributed by atoms with Gasteiger partial charge in [-0.1, -0.05) is 53.6 Å². The summed E-state index contributed by atoms with van der Waals surface area (Å²) in [5.74, 6) is -0.0525. The number of nitrogens with zero attached hydrogens (tertiary/aromatic N) is 1. The Morgan fingerprint density at radius 1 is 1.06 bits per heavy atom. The molecule has 0 saturated heterocycles. The van der Waals surface area contributed by atoms with Gasteiger partial charge in [0.2, 0.25) is 0 Å². The van der Waals surface area contributed by atoms with Crippen molar-refractivity contribution in [3.63, 3.8) is 0 Å². The number of ether oxygens (including phenoxy) is 1. The van der Waals surface area contributed by atoms with Crippen molar-refractivity contribution < 1.29 is 17.9 Å². The van der Waals surface area contributed by atoms with Crippen molar-refractivity contribution in [3.05, 3.63) is 88.9 Å². The Bertz CT molecular complexity index is 1230. The van der Waals surface area contributed by atoms with E-state index < -0.39 is 16.1 Å². The topological polar surface area (TPSA) is 75.7 Å². The molecule has 0 saturated carbocycles. The van der Waals surface area contributed by atoms with Crippen LogP contribution in [0.2, 0.25) is 5.02 Å². The van der Waals surface area contributed by atoms with Crippen molar-refractivity contribution in [2.24, 2.45) is 0 Å². The SMILES string of the molecule is Cc1ccc(C(C)NC(=O)C2CN(S(=O)(=O)c3ccc(Cl)cc3)c3ccccc3O2)cc1. The molecule has 0 radical (unpaired) electrons. The van der Waals surface area contributed by atoms with Gasteiger partial charge in [-0.25, -0.2) is 8.42 Å². The fourth-order valence-electron chi connectivity index (χ4n) is 3.54. The Hall–Kier alpha value is -3.03. The van der Waals surface area contributed by atoms with E-state index in [4.69, 9.17) is 16.3 Å². The molecule has 1 heterocycles. The zero-order valence-corrected chi connectivity index (χ0v) is 19.2. The Balaban J connectivity index is 1.61. The van der Waals surface area contributed by atoms with E-state index in [1.807, 2.05) is 38.1 Å². The van der Waals surface area contributed by atoms with E-state index in [-0.39, 0.29) is 23.4 Å². The molecular weight excluding hydrogens is 448 g/mol. The van der Waals surface area contributed by atoms with Crippen molar-refractivity contribution >= 4 is 33.2 Å². The van der Waals surface area contributed by atoms with Crippen LogP contribution in [0.4, 0.5) is 5.69 Å². The van der Waals surface area contributed by atoms with Crippen LogP contribution in [-0.4, -0.2) is 27.0 Å². The second-order valence-corrected chi connectivity index (χ2v) is 10.0. The lowest BCUT2D eigenvalue weighted by molar-refractivity contribution is -0.128. The van der Waals surface area contributed by atoms with Crippen molar-refractivity contribution in [2.75, 3.05) is 10.8 Å². The number of hydrogen-bond donors (Lipinski definition) is 1. The first-order valence-electron chi connectivity index (χ1n) is 10.2. The Morgan fingerprint density at radius 3 is 2.41 bits per heavy atom. The fraction of sp³-hybridized carbons (Fsp3) is 0.208. The van der Waals surface area contributed by atoms with E-state index in [0.717, 1.165) is 11.1 Å². The molecule has 6 nitrogen and oxygen atoms in total. The number of carbonyl (C=O) groups is 1. The Labute approximate surface area is 192 Å². The molecule has 8 heteroatoms. The lowest BCUT2D eigenvalue weighted by Crippen LogP contribution is -2.51. The van der Waals surface area contributed by atoms with E-state index in [0.29, 0.717) is 16.5 Å². The summed E-state index contributed by atoms with van der Waals surface area (Å²) in [6.07, 6.45) is -1.00. The lowest BCUT2D eigenvalue weighted by atomic mass is 10.1. The quantitative estimate of drug-likeness (QED) is 0.596. The number of hydrogen-bond acceptors (Lipinski definition) is 4. The molecule has 3 aromatic rings. The molecule has 0 aromatic heterocycles. The Kier molecular flexibility index (Phi) is 6.13. The van der Waals surface area contributed by atoms with Crippen molar-refractivity contribution in [2.45, 2.75) is 30.9 Å². The molecule has 0 spiro atoms. The van der Waals surface area contributed by atoms with Crippen molar-refractivity contribution in [1.82, 2.24) is 5.32 Å². The molecule has 1 amide bonds. The molecule has 1 N–H and O–H groups in total. The smallest absolute Gasteiger partial charge is 0.264 e. The van der Waals surface area contributed by atoms with Gasteiger partial charge in [0.1, 0.15) is 5.75 Å². The van der Waals surface area contributed by atoms with Crippen molar-refractivity contribution in [1.29, 1.82) is 0 Å². The fourth-order valence-corrected chi connectivity index (χ4v) is 5.15. The number of sulfonamides is 1. The van der Waals surface area contributed by atoms with Crippen LogP contribution in [-0.2, 0) is 14.8 Å². The van der Waals surface area contributed by atoms with Gasteiger partial charge in [0.25, 0.3) is 15.9 Å². The largest absolute Gasteiger partial charge is 0.476 e. The lowest BCUT2D eigenvalue weighted by Gasteiger charge is -2.35. The number of para-hydroxylation sites is 2. The molecule has 0 aliphatic carbocycles. The van der Waals surface area contributed by atoms with Gasteiger partial charge >= 0.3 is 0 Å². The molecule has 32 heavy (non-hydrogen) atoms. The predicted octanol–water partition coefficient (Wildman–Crippen LogP) is 4.48. The number of fused-ring (bicyclic) bond motifs is 1. The van der Waals surface area contributed by atoms with Crippen LogP contribution in [0.25, 0.3) is 0 Å². The average Bonchev–Trinajstić information content (AvgIpc) is 2.79. The standard InChI is InChI=1S/C24H23ClN2O4S/c1-16-7-9-18(10-8-16)17(2)26-24(28)23-15-27(21-5-3-4-6-22(21)31-23)32(29,30)20-13-11-19(25)12-14-20/h3-14,17,23H,15H2,1-2H3,(H,26,28). The van der Waals surface area contributed by atoms with E-state index >= 15 is 0 Å². The minimum Gasteiger partial charge on any atom is -0.476 e. The highest BCUT2D eigenvalue weighted by Crippen LogP contribution is 2.37. The highest BCUT2D eigenvalue weighted by molar-refractivity contribution is 7.92. The number of nitrogens with one attached hydrogen (secondary N) is 1. The molecule has 0 fully saturated rings. The van der Waals surface area contributed by atoms with Gasteiger partial charge in [-0.15, -0.1) is 0 Å². The van der Waals surface area contributed by atoms with Gasteiger partial charge in [-0.2, -0.15) is 0 Å². The normalized spacial score (nSPS) is 16.6. The Morgan fingerprint density at radius 2 is 1.72 bits per heavy atom. The first kappa shape index (κ1) is 22.2. The molecule has 2 unspecified atom stereocenters. The summed E-state index contributed by atoms with van der Waals surface area (Å²) < 4.78 is 33.9. The van der Waals surface area contributed by atoms with Gasteiger partial charge in [-0.3, -0.25) is 9.10 Å². The minimum absolute atomic E-state index is 0.0887. The number of aryl methyl sites for hydroxylation is 1. The van der Waals surface area contributed by atoms with Crippen molar-refractivity contribution in [3.8, 4) is 5.75 Å². The summed E-state index contributed by atoms with van der Waals surface area (Å²) >= 11 is 5.92. The summed E-state index contributed by atoms with van der Waals surface area (Å²) in [7, 11) is -3.93. The molecule has 1 aliphatic rings. The van der Waals surface area contributed by atoms with Crippen LogP contribution in [0.15, 0.2) is 77.7 Å². The highest BCUT2D eigenvalue weighted by atomic mass is 35.5. The molecule has 0 bridgehead atoms. The highest BCUT2D eigenvalue weighted by Gasteiger charge is 2.37. The van der Waals surface area contributed by atoms with E-state index in [1.54, 1.807) is 24.3 Å². The maximum Gasteiger partial charge on any atom is 0.264 e. The first-order valence-corrected chi connectivity index (χ1v) is 12.0. The van der Waals surface area contributed by atoms with Crippen LogP contribution < -0.4 is 14.4 Å². The average molecular weight is 471 g/mol. The second-order valence-electron chi connectivity index (χ2n) is 7.71. The maximum absolute atomic E-state index is 13.4. The van der Waals surface area contributed by atoms with Crippen LogP contribution in [0.1, 0.15) is 24.1 Å². The van der Waals surface area contributed by atoms with Gasteiger partial charge in [0, 0.05) is 5.02 Å². The van der Waals surface area contributed by atoms with Gasteiger partial charge in [0.05, 0.1) is 23.2 Å². The van der Waals surface area contributed by atoms with E-state index in [1.165, 1.54) is 28.6 Å². The molecular formula is C24H23ClN2O4S. The summed E-state index contributed by atoms with van der Waals surface area (Å²) in [4.78, 5) is 13.1. The van der Waals surface area contributed by atoms with Crippen LogP contribution in [0, 0.1) is 6.92 Å². The summed E-state index contributed by atoms with van der Waals surface area (Å²) in [6, 6.07) is 20.3. The number of halogens is 1. The molecule has 166 valence electrons. The second kappa shape index (κ2) is 8.84. The third-order valence-electron chi connectivity index (χ3n) is 5.37. The van der Waals surface area contributed by atoms with Crippen LogP contribution >= 0.6 is 11.6 Å². The summed E-state index contributed by atoms with van der Waals surface area (Å²) in [5.41, 5.74) is 2.46. The zero-order valence-electron chi connectivity index (χ0n) is 17.7.